The van der Waals surface area contributed by atoms with E-state index < -0.39 is 11.9 Å². The number of carboxylic acid groups (broad SMARTS) is 1. The fraction of sp³-hybridized carbons (Fsp3) is 0.0417. The summed E-state index contributed by atoms with van der Waals surface area (Å²) in [6.07, 6.45) is 3.27. The summed E-state index contributed by atoms with van der Waals surface area (Å²) >= 11 is 0. The first kappa shape index (κ1) is 19.9. The van der Waals surface area contributed by atoms with Crippen LogP contribution in [0.4, 0.5) is 0 Å². The summed E-state index contributed by atoms with van der Waals surface area (Å²) < 4.78 is 7.42. The highest BCUT2D eigenvalue weighted by atomic mass is 16.5. The van der Waals surface area contributed by atoms with E-state index in [-0.39, 0.29) is 12.2 Å². The molecule has 0 aliphatic rings. The van der Waals surface area contributed by atoms with Crippen molar-refractivity contribution in [3.8, 4) is 11.4 Å². The second-order valence-electron chi connectivity index (χ2n) is 6.72. The smallest absolute Gasteiger partial charge is 0.335 e. The van der Waals surface area contributed by atoms with Crippen LogP contribution >= 0.6 is 0 Å². The number of rotatable bonds is 7. The van der Waals surface area contributed by atoms with E-state index in [1.807, 2.05) is 42.5 Å². The first-order valence-corrected chi connectivity index (χ1v) is 9.55. The monoisotopic (exact) mass is 413 g/mol. The number of fused-ring (bicyclic) bond motifs is 1. The van der Waals surface area contributed by atoms with Crippen LogP contribution in [-0.4, -0.2) is 34.4 Å². The van der Waals surface area contributed by atoms with Crippen molar-refractivity contribution in [2.75, 3.05) is 6.61 Å². The van der Waals surface area contributed by atoms with Gasteiger partial charge < -0.3 is 14.4 Å². The normalized spacial score (nSPS) is 11.0. The topological polar surface area (TPSA) is 92.9 Å². The van der Waals surface area contributed by atoms with Crippen LogP contribution < -0.4 is 10.2 Å². The maximum absolute atomic E-state index is 12.1. The molecule has 31 heavy (non-hydrogen) atoms. The maximum atomic E-state index is 12.1. The highest BCUT2D eigenvalue weighted by Gasteiger charge is 2.07. The lowest BCUT2D eigenvalue weighted by Crippen LogP contribution is -2.24. The van der Waals surface area contributed by atoms with E-state index in [1.54, 1.807) is 41.1 Å². The molecular formula is C24H19N3O4. The fourth-order valence-corrected chi connectivity index (χ4v) is 3.19. The van der Waals surface area contributed by atoms with Crippen molar-refractivity contribution in [1.29, 1.82) is 0 Å². The Hall–Kier alpha value is -4.39. The van der Waals surface area contributed by atoms with E-state index >= 15 is 0 Å². The van der Waals surface area contributed by atoms with E-state index in [1.165, 1.54) is 12.3 Å². The van der Waals surface area contributed by atoms with Crippen molar-refractivity contribution in [1.82, 2.24) is 9.99 Å². The first-order chi connectivity index (χ1) is 15.1. The number of hydrogen-bond donors (Lipinski definition) is 2. The maximum Gasteiger partial charge on any atom is 0.335 e. The Morgan fingerprint density at radius 2 is 1.81 bits per heavy atom. The number of carboxylic acids is 1. The van der Waals surface area contributed by atoms with Crippen LogP contribution in [0.2, 0.25) is 0 Å². The quantitative estimate of drug-likeness (QED) is 0.355. The van der Waals surface area contributed by atoms with E-state index in [0.717, 1.165) is 10.8 Å². The third-order valence-corrected chi connectivity index (χ3v) is 4.65. The fourth-order valence-electron chi connectivity index (χ4n) is 3.19. The Morgan fingerprint density at radius 1 is 1.00 bits per heavy atom. The number of aromatic carboxylic acids is 1. The molecule has 0 fully saturated rings. The van der Waals surface area contributed by atoms with Crippen molar-refractivity contribution in [2.24, 2.45) is 5.10 Å². The van der Waals surface area contributed by atoms with Crippen LogP contribution in [-0.2, 0) is 4.79 Å². The summed E-state index contributed by atoms with van der Waals surface area (Å²) in [5.74, 6) is -0.762. The summed E-state index contributed by atoms with van der Waals surface area (Å²) in [6.45, 7) is -0.174. The van der Waals surface area contributed by atoms with Gasteiger partial charge in [-0.2, -0.15) is 5.10 Å². The zero-order valence-electron chi connectivity index (χ0n) is 16.4. The molecule has 7 nitrogen and oxygen atoms in total. The molecule has 0 radical (unpaired) electrons. The summed E-state index contributed by atoms with van der Waals surface area (Å²) in [4.78, 5) is 23.3. The predicted molar refractivity (Wildman–Crippen MR) is 118 cm³/mol. The standard InChI is InChI=1S/C24H19N3O4/c28-23(16-31-22-12-4-7-17-6-1-2-11-21(17)22)26-25-15-20-10-5-13-27(20)19-9-3-8-18(14-19)24(29)30/h1-15H,16H2,(H,26,28)(H,29,30)/b25-15+. The van der Waals surface area contributed by atoms with Crippen molar-refractivity contribution in [3.05, 3.63) is 96.3 Å². The van der Waals surface area contributed by atoms with E-state index in [9.17, 15) is 14.7 Å². The number of benzene rings is 3. The molecule has 154 valence electrons. The van der Waals surface area contributed by atoms with Gasteiger partial charge in [0.1, 0.15) is 5.75 Å². The van der Waals surface area contributed by atoms with Crippen molar-refractivity contribution < 1.29 is 19.4 Å². The molecule has 4 rings (SSSR count). The molecule has 0 saturated heterocycles. The number of amides is 1. The molecule has 3 aromatic carbocycles. The molecule has 1 amide bonds. The molecule has 2 N–H and O–H groups in total. The number of nitrogens with zero attached hydrogens (tertiary/aromatic N) is 2. The molecule has 1 heterocycles. The van der Waals surface area contributed by atoms with Gasteiger partial charge in [-0.15, -0.1) is 0 Å². The van der Waals surface area contributed by atoms with Crippen molar-refractivity contribution in [3.63, 3.8) is 0 Å². The largest absolute Gasteiger partial charge is 0.483 e. The van der Waals surface area contributed by atoms with Crippen molar-refractivity contribution >= 4 is 28.9 Å². The van der Waals surface area contributed by atoms with Gasteiger partial charge in [-0.05, 0) is 41.8 Å². The van der Waals surface area contributed by atoms with Crippen LogP contribution in [0.3, 0.4) is 0 Å². The molecule has 0 unspecified atom stereocenters. The van der Waals surface area contributed by atoms with E-state index in [0.29, 0.717) is 17.1 Å². The summed E-state index contributed by atoms with van der Waals surface area (Å²) in [7, 11) is 0. The Kier molecular flexibility index (Phi) is 5.75. The Bertz CT molecular complexity index is 1270. The van der Waals surface area contributed by atoms with Gasteiger partial charge >= 0.3 is 5.97 Å². The number of hydrogen-bond acceptors (Lipinski definition) is 4. The summed E-state index contributed by atoms with van der Waals surface area (Å²) in [6, 6.07) is 23.6. The highest BCUT2D eigenvalue weighted by Crippen LogP contribution is 2.24. The van der Waals surface area contributed by atoms with Crippen LogP contribution in [0.5, 0.6) is 5.75 Å². The SMILES string of the molecule is O=C(COc1cccc2ccccc12)N/N=C/c1cccn1-c1cccc(C(=O)O)c1. The number of nitrogens with one attached hydrogen (secondary N) is 1. The zero-order chi connectivity index (χ0) is 21.6. The van der Waals surface area contributed by atoms with Gasteiger partial charge in [0.15, 0.2) is 6.61 Å². The second-order valence-corrected chi connectivity index (χ2v) is 6.72. The zero-order valence-corrected chi connectivity index (χ0v) is 16.4. The lowest BCUT2D eigenvalue weighted by molar-refractivity contribution is -0.123. The van der Waals surface area contributed by atoms with Gasteiger partial charge in [0, 0.05) is 17.3 Å². The Balaban J connectivity index is 1.39. The van der Waals surface area contributed by atoms with Gasteiger partial charge in [0.2, 0.25) is 0 Å². The molecule has 1 aromatic heterocycles. The Labute approximate surface area is 178 Å². The van der Waals surface area contributed by atoms with Crippen LogP contribution in [0.1, 0.15) is 16.1 Å². The van der Waals surface area contributed by atoms with Gasteiger partial charge in [0.05, 0.1) is 17.5 Å². The van der Waals surface area contributed by atoms with Gasteiger partial charge in [-0.1, -0.05) is 42.5 Å². The molecular weight excluding hydrogens is 394 g/mol. The number of carbonyl (C=O) groups excluding carboxylic acids is 1. The Morgan fingerprint density at radius 3 is 2.68 bits per heavy atom. The van der Waals surface area contributed by atoms with Crippen LogP contribution in [0.25, 0.3) is 16.5 Å². The minimum Gasteiger partial charge on any atom is -0.483 e. The predicted octanol–water partition coefficient (Wildman–Crippen LogP) is 3.86. The minimum atomic E-state index is -0.998. The van der Waals surface area contributed by atoms with Crippen LogP contribution in [0, 0.1) is 0 Å². The molecule has 4 aromatic rings. The molecule has 0 aliphatic carbocycles. The average molecular weight is 413 g/mol. The van der Waals surface area contributed by atoms with Gasteiger partial charge in [-0.3, -0.25) is 4.79 Å². The molecule has 0 saturated carbocycles. The molecule has 0 spiro atoms. The van der Waals surface area contributed by atoms with Crippen LogP contribution in [0.15, 0.2) is 90.2 Å². The summed E-state index contributed by atoms with van der Waals surface area (Å²) in [5, 5.41) is 15.1. The number of ether oxygens (including phenoxy) is 1. The average Bonchev–Trinajstić information content (AvgIpc) is 3.26. The third-order valence-electron chi connectivity index (χ3n) is 4.65. The van der Waals surface area contributed by atoms with E-state index in [2.05, 4.69) is 10.5 Å². The molecule has 7 heteroatoms. The molecule has 0 bridgehead atoms. The minimum absolute atomic E-state index is 0.174. The first-order valence-electron chi connectivity index (χ1n) is 9.55. The lowest BCUT2D eigenvalue weighted by Gasteiger charge is -2.09. The lowest BCUT2D eigenvalue weighted by atomic mass is 10.1. The second kappa shape index (κ2) is 8.96. The molecule has 0 aliphatic heterocycles. The van der Waals surface area contributed by atoms with E-state index in [4.69, 9.17) is 4.74 Å². The van der Waals surface area contributed by atoms with Crippen molar-refractivity contribution in [2.45, 2.75) is 0 Å². The third kappa shape index (κ3) is 4.62. The molecule has 0 atom stereocenters. The number of carbonyl (C=O) groups is 2. The highest BCUT2D eigenvalue weighted by molar-refractivity contribution is 5.89. The van der Waals surface area contributed by atoms with Gasteiger partial charge in [-0.25, -0.2) is 10.2 Å². The number of aromatic nitrogens is 1. The van der Waals surface area contributed by atoms with Gasteiger partial charge in [0.25, 0.3) is 5.91 Å². The number of hydrazone groups is 1. The summed E-state index contributed by atoms with van der Waals surface area (Å²) in [5.41, 5.74) is 3.99.